The van der Waals surface area contributed by atoms with Gasteiger partial charge in [-0.2, -0.15) is 0 Å². The predicted molar refractivity (Wildman–Crippen MR) is 45.2 cm³/mol. The molecular formula is C9H9NO3. The van der Waals surface area contributed by atoms with Crippen LogP contribution < -0.4 is 4.74 Å². The fourth-order valence-corrected chi connectivity index (χ4v) is 0.763. The second-order valence-electron chi connectivity index (χ2n) is 2.52. The first-order chi connectivity index (χ1) is 6.18. The number of carbonyl (C=O) groups is 2. The summed E-state index contributed by atoms with van der Waals surface area (Å²) in [7, 11) is 0. The molecule has 0 aromatic carbocycles. The van der Waals surface area contributed by atoms with E-state index in [2.05, 4.69) is 4.98 Å². The van der Waals surface area contributed by atoms with Gasteiger partial charge in [0.1, 0.15) is 12.2 Å². The second kappa shape index (κ2) is 4.35. The molecule has 0 aliphatic rings. The Kier molecular flexibility index (Phi) is 3.14. The topological polar surface area (TPSA) is 56.3 Å². The van der Waals surface area contributed by atoms with Crippen molar-refractivity contribution in [1.29, 1.82) is 0 Å². The monoisotopic (exact) mass is 179 g/mol. The zero-order chi connectivity index (χ0) is 9.68. The van der Waals surface area contributed by atoms with Crippen LogP contribution in [0, 0.1) is 0 Å². The summed E-state index contributed by atoms with van der Waals surface area (Å²) in [5.41, 5.74) is 0. The highest BCUT2D eigenvalue weighted by Gasteiger charge is 2.07. The number of nitrogens with zero attached hydrogens (tertiary/aromatic N) is 1. The van der Waals surface area contributed by atoms with Crippen molar-refractivity contribution in [1.82, 2.24) is 4.98 Å². The van der Waals surface area contributed by atoms with Crippen LogP contribution in [0.2, 0.25) is 0 Å². The molecule has 0 unspecified atom stereocenters. The maximum atomic E-state index is 10.9. The number of ether oxygens (including phenoxy) is 1. The van der Waals surface area contributed by atoms with E-state index in [1.165, 1.54) is 13.1 Å². The summed E-state index contributed by atoms with van der Waals surface area (Å²) >= 11 is 0. The summed E-state index contributed by atoms with van der Waals surface area (Å²) in [5, 5.41) is 0. The Hall–Kier alpha value is -1.71. The maximum absolute atomic E-state index is 10.9. The van der Waals surface area contributed by atoms with Crippen molar-refractivity contribution in [2.45, 2.75) is 13.3 Å². The van der Waals surface area contributed by atoms with E-state index in [1.54, 1.807) is 18.2 Å². The molecule has 4 nitrogen and oxygen atoms in total. The number of carbonyl (C=O) groups excluding carboxylic acids is 2. The van der Waals surface area contributed by atoms with Gasteiger partial charge in [-0.15, -0.1) is 0 Å². The predicted octanol–water partition coefficient (Wildman–Crippen LogP) is 0.966. The number of Topliss-reactive ketones (excluding diaryl/α,β-unsaturated/α-hetero) is 1. The van der Waals surface area contributed by atoms with Gasteiger partial charge in [0.05, 0.1) is 0 Å². The number of esters is 1. The normalized spacial score (nSPS) is 9.31. The van der Waals surface area contributed by atoms with Crippen LogP contribution in [0.3, 0.4) is 0 Å². The molecule has 13 heavy (non-hydrogen) atoms. The second-order valence-corrected chi connectivity index (χ2v) is 2.52. The number of pyridine rings is 1. The minimum absolute atomic E-state index is 0.212. The Labute approximate surface area is 75.5 Å². The molecule has 0 saturated carbocycles. The van der Waals surface area contributed by atoms with Gasteiger partial charge < -0.3 is 4.74 Å². The Morgan fingerprint density at radius 2 is 2.23 bits per heavy atom. The summed E-state index contributed by atoms with van der Waals surface area (Å²) in [6, 6.07) is 4.96. The van der Waals surface area contributed by atoms with Gasteiger partial charge in [0, 0.05) is 12.3 Å². The molecule has 1 aromatic rings. The van der Waals surface area contributed by atoms with E-state index < -0.39 is 5.97 Å². The standard InChI is InChI=1S/C9H9NO3/c1-7(11)6-9(12)13-8-4-2-3-5-10-8/h2-5H,6H2,1H3. The fraction of sp³-hybridized carbons (Fsp3) is 0.222. The van der Waals surface area contributed by atoms with E-state index >= 15 is 0 Å². The van der Waals surface area contributed by atoms with Crippen LogP contribution in [0.5, 0.6) is 5.88 Å². The van der Waals surface area contributed by atoms with E-state index in [0.29, 0.717) is 0 Å². The van der Waals surface area contributed by atoms with Crippen LogP contribution in [-0.4, -0.2) is 16.7 Å². The fourth-order valence-electron chi connectivity index (χ4n) is 0.763. The van der Waals surface area contributed by atoms with Crippen molar-refractivity contribution in [3.63, 3.8) is 0 Å². The number of aromatic nitrogens is 1. The molecule has 0 amide bonds. The number of hydrogen-bond donors (Lipinski definition) is 0. The van der Waals surface area contributed by atoms with Crippen LogP contribution >= 0.6 is 0 Å². The SMILES string of the molecule is CC(=O)CC(=O)Oc1ccccn1. The minimum Gasteiger partial charge on any atom is -0.407 e. The van der Waals surface area contributed by atoms with E-state index in [0.717, 1.165) is 0 Å². The van der Waals surface area contributed by atoms with Crippen LogP contribution in [0.4, 0.5) is 0 Å². The number of rotatable bonds is 3. The third kappa shape index (κ3) is 3.46. The molecule has 0 atom stereocenters. The van der Waals surface area contributed by atoms with Crippen molar-refractivity contribution in [2.24, 2.45) is 0 Å². The smallest absolute Gasteiger partial charge is 0.320 e. The molecule has 68 valence electrons. The average molecular weight is 179 g/mol. The van der Waals surface area contributed by atoms with E-state index in [9.17, 15) is 9.59 Å². The molecule has 0 fully saturated rings. The summed E-state index contributed by atoms with van der Waals surface area (Å²) in [6.07, 6.45) is 1.30. The van der Waals surface area contributed by atoms with Crippen LogP contribution in [0.15, 0.2) is 24.4 Å². The first kappa shape index (κ1) is 9.38. The largest absolute Gasteiger partial charge is 0.407 e. The van der Waals surface area contributed by atoms with Crippen molar-refractivity contribution in [2.75, 3.05) is 0 Å². The van der Waals surface area contributed by atoms with Gasteiger partial charge in [0.25, 0.3) is 0 Å². The minimum atomic E-state index is -0.578. The molecule has 1 aromatic heterocycles. The van der Waals surface area contributed by atoms with Crippen molar-refractivity contribution in [3.05, 3.63) is 24.4 Å². The van der Waals surface area contributed by atoms with Gasteiger partial charge in [0.2, 0.25) is 5.88 Å². The Balaban J connectivity index is 2.50. The highest BCUT2D eigenvalue weighted by Crippen LogP contribution is 2.04. The summed E-state index contributed by atoms with van der Waals surface area (Å²) in [4.78, 5) is 25.2. The highest BCUT2D eigenvalue weighted by atomic mass is 16.5. The molecule has 1 rings (SSSR count). The number of hydrogen-bond acceptors (Lipinski definition) is 4. The highest BCUT2D eigenvalue weighted by molar-refractivity contribution is 5.94. The van der Waals surface area contributed by atoms with Gasteiger partial charge >= 0.3 is 5.97 Å². The van der Waals surface area contributed by atoms with E-state index in [4.69, 9.17) is 4.74 Å². The zero-order valence-corrected chi connectivity index (χ0v) is 7.19. The average Bonchev–Trinajstić information content (AvgIpc) is 2.04. The molecule has 0 bridgehead atoms. The van der Waals surface area contributed by atoms with E-state index in [1.807, 2.05) is 0 Å². The molecule has 0 spiro atoms. The molecule has 0 aliphatic carbocycles. The molecule has 0 N–H and O–H groups in total. The summed E-state index contributed by atoms with van der Waals surface area (Å²) < 4.78 is 4.75. The third-order valence-corrected chi connectivity index (χ3v) is 1.25. The van der Waals surface area contributed by atoms with Crippen molar-refractivity contribution < 1.29 is 14.3 Å². The molecule has 4 heteroatoms. The molecule has 0 aliphatic heterocycles. The summed E-state index contributed by atoms with van der Waals surface area (Å²) in [6.45, 7) is 1.33. The lowest BCUT2D eigenvalue weighted by Gasteiger charge is -1.99. The van der Waals surface area contributed by atoms with Crippen LogP contribution in [-0.2, 0) is 9.59 Å². The van der Waals surface area contributed by atoms with Crippen molar-refractivity contribution >= 4 is 11.8 Å². The van der Waals surface area contributed by atoms with Crippen LogP contribution in [0.25, 0.3) is 0 Å². The summed E-state index contributed by atoms with van der Waals surface area (Å²) in [5.74, 6) is -0.583. The van der Waals surface area contributed by atoms with Gasteiger partial charge in [-0.3, -0.25) is 9.59 Å². The quantitative estimate of drug-likeness (QED) is 0.512. The lowest BCUT2D eigenvalue weighted by Crippen LogP contribution is -2.12. The molecule has 0 saturated heterocycles. The molecular weight excluding hydrogens is 170 g/mol. The maximum Gasteiger partial charge on any atom is 0.320 e. The first-order valence-corrected chi connectivity index (χ1v) is 3.79. The van der Waals surface area contributed by atoms with Crippen molar-refractivity contribution in [3.8, 4) is 5.88 Å². The zero-order valence-electron chi connectivity index (χ0n) is 7.19. The Bertz CT molecular complexity index is 308. The van der Waals surface area contributed by atoms with Gasteiger partial charge in [-0.25, -0.2) is 4.98 Å². The first-order valence-electron chi connectivity index (χ1n) is 3.79. The van der Waals surface area contributed by atoms with Gasteiger partial charge in [-0.1, -0.05) is 6.07 Å². The van der Waals surface area contributed by atoms with E-state index in [-0.39, 0.29) is 18.1 Å². The Morgan fingerprint density at radius 3 is 2.77 bits per heavy atom. The van der Waals surface area contributed by atoms with Gasteiger partial charge in [-0.05, 0) is 13.0 Å². The lowest BCUT2D eigenvalue weighted by atomic mass is 10.3. The third-order valence-electron chi connectivity index (χ3n) is 1.25. The van der Waals surface area contributed by atoms with Gasteiger partial charge in [0.15, 0.2) is 0 Å². The van der Waals surface area contributed by atoms with Crippen LogP contribution in [0.1, 0.15) is 13.3 Å². The lowest BCUT2D eigenvalue weighted by molar-refractivity contribution is -0.137. The molecule has 1 heterocycles. The Morgan fingerprint density at radius 1 is 1.46 bits per heavy atom. The molecule has 0 radical (unpaired) electrons. The number of ketones is 1.